The molecule has 1 N–H and O–H groups in total. The van der Waals surface area contributed by atoms with E-state index < -0.39 is 30.9 Å². The molecule has 0 heterocycles. The second-order valence-corrected chi connectivity index (χ2v) is 2.04. The molecule has 12 heavy (non-hydrogen) atoms. The Hall–Kier alpha value is -0.880. The van der Waals surface area contributed by atoms with Crippen molar-refractivity contribution in [2.75, 3.05) is 0 Å². The lowest BCUT2D eigenvalue weighted by molar-refractivity contribution is -0.177. The molecule has 0 bridgehead atoms. The molecular weight excluding hydrogens is 187 g/mol. The van der Waals surface area contributed by atoms with Gasteiger partial charge in [-0.15, -0.1) is 0 Å². The van der Waals surface area contributed by atoms with E-state index in [2.05, 4.69) is 0 Å². The third-order valence-corrected chi connectivity index (χ3v) is 1.06. The van der Waals surface area contributed by atoms with Crippen molar-refractivity contribution in [2.24, 2.45) is 0 Å². The lowest BCUT2D eigenvalue weighted by Gasteiger charge is -2.17. The monoisotopic (exact) mass is 192 g/mol. The Bertz CT molecular complexity index is 169. The molecule has 0 aromatic heterocycles. The average molecular weight is 192 g/mol. The number of rotatable bonds is 4. The summed E-state index contributed by atoms with van der Waals surface area (Å²) >= 11 is 0. The summed E-state index contributed by atoms with van der Waals surface area (Å²) in [5.41, 5.74) is 0. The zero-order valence-electron chi connectivity index (χ0n) is 5.61. The number of aliphatic carboxylic acids is 1. The summed E-state index contributed by atoms with van der Waals surface area (Å²) in [5, 5.41) is 7.81. The van der Waals surface area contributed by atoms with Gasteiger partial charge in [-0.25, -0.2) is 13.2 Å². The Kier molecular flexibility index (Phi) is 3.41. The van der Waals surface area contributed by atoms with Crippen molar-refractivity contribution in [3.63, 3.8) is 0 Å². The van der Waals surface area contributed by atoms with Gasteiger partial charge < -0.3 is 5.11 Å². The highest BCUT2D eigenvalue weighted by Gasteiger charge is 2.50. The van der Waals surface area contributed by atoms with Gasteiger partial charge in [0.1, 0.15) is 0 Å². The Labute approximate surface area is 64.0 Å². The molecule has 0 spiro atoms. The topological polar surface area (TPSA) is 37.3 Å². The Morgan fingerprint density at radius 3 is 2.00 bits per heavy atom. The van der Waals surface area contributed by atoms with E-state index in [0.29, 0.717) is 0 Å². The summed E-state index contributed by atoms with van der Waals surface area (Å²) < 4.78 is 58.6. The van der Waals surface area contributed by atoms with Crippen LogP contribution in [-0.2, 0) is 4.79 Å². The van der Waals surface area contributed by atoms with Gasteiger partial charge >= 0.3 is 18.3 Å². The number of halogens is 5. The highest BCUT2D eigenvalue weighted by Crippen LogP contribution is 2.30. The SMILES string of the molecule is O=C(O)CC(F)C(F)(F)C(F)F. The Balaban J connectivity index is 4.24. The summed E-state index contributed by atoms with van der Waals surface area (Å²) in [6, 6.07) is 0. The van der Waals surface area contributed by atoms with E-state index in [4.69, 9.17) is 5.11 Å². The van der Waals surface area contributed by atoms with Crippen molar-refractivity contribution in [2.45, 2.75) is 24.9 Å². The van der Waals surface area contributed by atoms with Crippen LogP contribution in [0.3, 0.4) is 0 Å². The van der Waals surface area contributed by atoms with Crippen LogP contribution in [0.15, 0.2) is 0 Å². The molecule has 1 unspecified atom stereocenters. The predicted molar refractivity (Wildman–Crippen MR) is 28.1 cm³/mol. The lowest BCUT2D eigenvalue weighted by atomic mass is 10.1. The Morgan fingerprint density at radius 1 is 1.33 bits per heavy atom. The predicted octanol–water partition coefficient (Wildman–Crippen LogP) is 1.70. The molecule has 0 saturated heterocycles. The fraction of sp³-hybridized carbons (Fsp3) is 0.800. The van der Waals surface area contributed by atoms with E-state index in [-0.39, 0.29) is 0 Å². The molecule has 0 saturated carbocycles. The maximum Gasteiger partial charge on any atom is 0.338 e. The maximum absolute atomic E-state index is 12.1. The summed E-state index contributed by atoms with van der Waals surface area (Å²) in [5.74, 6) is -6.78. The van der Waals surface area contributed by atoms with Crippen molar-refractivity contribution in [1.82, 2.24) is 0 Å². The van der Waals surface area contributed by atoms with Gasteiger partial charge in [-0.2, -0.15) is 8.78 Å². The molecule has 0 fully saturated rings. The molecule has 0 rings (SSSR count). The molecular formula is C5H5F5O2. The summed E-state index contributed by atoms with van der Waals surface area (Å²) in [7, 11) is 0. The number of carbonyl (C=O) groups is 1. The van der Waals surface area contributed by atoms with Crippen LogP contribution in [0.1, 0.15) is 6.42 Å². The average Bonchev–Trinajstić information content (AvgIpc) is 1.85. The van der Waals surface area contributed by atoms with Gasteiger partial charge in [-0.3, -0.25) is 4.79 Å². The van der Waals surface area contributed by atoms with Gasteiger partial charge in [0.15, 0.2) is 6.17 Å². The standard InChI is InChI=1S/C5H5F5O2/c6-2(1-3(11)12)5(9,10)4(7)8/h2,4H,1H2,(H,11,12). The molecule has 1 atom stereocenters. The summed E-state index contributed by atoms with van der Waals surface area (Å²) in [6.07, 6.45) is -9.17. The number of carboxylic acids is 1. The third-order valence-electron chi connectivity index (χ3n) is 1.06. The van der Waals surface area contributed by atoms with E-state index in [0.717, 1.165) is 0 Å². The first-order valence-corrected chi connectivity index (χ1v) is 2.80. The summed E-state index contributed by atoms with van der Waals surface area (Å²) in [4.78, 5) is 9.66. The minimum absolute atomic E-state index is 1.63. The number of hydrogen-bond donors (Lipinski definition) is 1. The van der Waals surface area contributed by atoms with Gasteiger partial charge in [0.25, 0.3) is 0 Å². The van der Waals surface area contributed by atoms with Crippen molar-refractivity contribution < 1.29 is 31.9 Å². The van der Waals surface area contributed by atoms with Gasteiger partial charge in [0, 0.05) is 0 Å². The van der Waals surface area contributed by atoms with Gasteiger partial charge in [0.2, 0.25) is 0 Å². The van der Waals surface area contributed by atoms with E-state index in [9.17, 15) is 26.7 Å². The van der Waals surface area contributed by atoms with Gasteiger partial charge in [-0.1, -0.05) is 0 Å². The first-order valence-electron chi connectivity index (χ1n) is 2.80. The fourth-order valence-corrected chi connectivity index (χ4v) is 0.426. The van der Waals surface area contributed by atoms with Crippen LogP contribution in [0, 0.1) is 0 Å². The normalized spacial score (nSPS) is 14.8. The van der Waals surface area contributed by atoms with Gasteiger partial charge in [-0.05, 0) is 0 Å². The molecule has 0 aliphatic rings. The molecule has 0 aromatic carbocycles. The largest absolute Gasteiger partial charge is 0.481 e. The smallest absolute Gasteiger partial charge is 0.338 e. The van der Waals surface area contributed by atoms with Crippen LogP contribution < -0.4 is 0 Å². The quantitative estimate of drug-likeness (QED) is 0.688. The minimum atomic E-state index is -4.89. The van der Waals surface area contributed by atoms with Crippen LogP contribution in [0.4, 0.5) is 22.0 Å². The zero-order chi connectivity index (χ0) is 9.94. The highest BCUT2D eigenvalue weighted by molar-refractivity contribution is 5.67. The first-order chi connectivity index (χ1) is 5.28. The van der Waals surface area contributed by atoms with Crippen molar-refractivity contribution >= 4 is 5.97 Å². The van der Waals surface area contributed by atoms with Gasteiger partial charge in [0.05, 0.1) is 6.42 Å². The molecule has 0 aliphatic heterocycles. The lowest BCUT2D eigenvalue weighted by Crippen LogP contribution is -2.38. The zero-order valence-corrected chi connectivity index (χ0v) is 5.61. The van der Waals surface area contributed by atoms with E-state index in [1.807, 2.05) is 0 Å². The van der Waals surface area contributed by atoms with E-state index in [1.165, 1.54) is 0 Å². The summed E-state index contributed by atoms with van der Waals surface area (Å²) in [6.45, 7) is 0. The maximum atomic E-state index is 12.1. The van der Waals surface area contributed by atoms with Crippen LogP contribution in [0.5, 0.6) is 0 Å². The van der Waals surface area contributed by atoms with Crippen molar-refractivity contribution in [3.05, 3.63) is 0 Å². The van der Waals surface area contributed by atoms with Crippen LogP contribution in [0.25, 0.3) is 0 Å². The number of carboxylic acid groups (broad SMARTS) is 1. The van der Waals surface area contributed by atoms with Crippen LogP contribution >= 0.6 is 0 Å². The van der Waals surface area contributed by atoms with Crippen molar-refractivity contribution in [1.29, 1.82) is 0 Å². The van der Waals surface area contributed by atoms with Crippen molar-refractivity contribution in [3.8, 4) is 0 Å². The second kappa shape index (κ2) is 3.68. The number of alkyl halides is 5. The fourth-order valence-electron chi connectivity index (χ4n) is 0.426. The molecule has 72 valence electrons. The molecule has 0 aliphatic carbocycles. The van der Waals surface area contributed by atoms with E-state index >= 15 is 0 Å². The molecule has 0 radical (unpaired) electrons. The first kappa shape index (κ1) is 11.1. The minimum Gasteiger partial charge on any atom is -0.481 e. The Morgan fingerprint density at radius 2 is 1.75 bits per heavy atom. The second-order valence-electron chi connectivity index (χ2n) is 2.04. The molecule has 0 aromatic rings. The molecule has 0 amide bonds. The molecule has 2 nitrogen and oxygen atoms in total. The van der Waals surface area contributed by atoms with Crippen LogP contribution in [-0.4, -0.2) is 29.6 Å². The molecule has 7 heteroatoms. The number of hydrogen-bond acceptors (Lipinski definition) is 1. The highest BCUT2D eigenvalue weighted by atomic mass is 19.3. The third kappa shape index (κ3) is 2.63. The van der Waals surface area contributed by atoms with Crippen LogP contribution in [0.2, 0.25) is 0 Å². The van der Waals surface area contributed by atoms with E-state index in [1.54, 1.807) is 0 Å².